The highest BCUT2D eigenvalue weighted by molar-refractivity contribution is 9.10. The first kappa shape index (κ1) is 18.4. The fourth-order valence-corrected chi connectivity index (χ4v) is 3.28. The molecule has 1 saturated heterocycles. The second-order valence-corrected chi connectivity index (χ2v) is 7.01. The fourth-order valence-electron chi connectivity index (χ4n) is 2.82. The average molecular weight is 417 g/mol. The zero-order valence-corrected chi connectivity index (χ0v) is 16.0. The number of carbonyl (C=O) groups excluding carboxylic acids is 2. The predicted molar refractivity (Wildman–Crippen MR) is 104 cm³/mol. The lowest BCUT2D eigenvalue weighted by Gasteiger charge is -2.16. The number of halogens is 1. The van der Waals surface area contributed by atoms with E-state index in [1.165, 1.54) is 12.8 Å². The number of pyridine rings is 1. The van der Waals surface area contributed by atoms with Crippen molar-refractivity contribution in [3.63, 3.8) is 0 Å². The molecule has 0 spiro atoms. The summed E-state index contributed by atoms with van der Waals surface area (Å²) in [5, 5.41) is 5.41. The number of nitrogens with one attached hydrogen (secondary N) is 2. The van der Waals surface area contributed by atoms with E-state index in [-0.39, 0.29) is 18.4 Å². The number of amides is 2. The van der Waals surface area contributed by atoms with Gasteiger partial charge in [0.25, 0.3) is 5.91 Å². The summed E-state index contributed by atoms with van der Waals surface area (Å²) in [5.41, 5.74) is 1.43. The minimum atomic E-state index is -0.288. The monoisotopic (exact) mass is 416 g/mol. The van der Waals surface area contributed by atoms with Gasteiger partial charge in [-0.1, -0.05) is 18.2 Å². The van der Waals surface area contributed by atoms with Crippen LogP contribution in [0.15, 0.2) is 47.1 Å². The van der Waals surface area contributed by atoms with Crippen molar-refractivity contribution < 1.29 is 9.59 Å². The summed E-state index contributed by atoms with van der Waals surface area (Å²) in [6, 6.07) is 11.1. The molecule has 0 atom stereocenters. The van der Waals surface area contributed by atoms with Crippen LogP contribution < -0.4 is 15.5 Å². The Morgan fingerprint density at radius 1 is 1.08 bits per heavy atom. The number of hydrogen-bond donors (Lipinski definition) is 2. The van der Waals surface area contributed by atoms with Crippen LogP contribution in [0.25, 0.3) is 0 Å². The Morgan fingerprint density at radius 3 is 2.54 bits per heavy atom. The van der Waals surface area contributed by atoms with Crippen molar-refractivity contribution in [2.45, 2.75) is 19.4 Å². The lowest BCUT2D eigenvalue weighted by atomic mass is 10.2. The highest BCUT2D eigenvalue weighted by Gasteiger charge is 2.13. The topological polar surface area (TPSA) is 74.3 Å². The van der Waals surface area contributed by atoms with Gasteiger partial charge in [0.05, 0.1) is 12.1 Å². The first-order valence-corrected chi connectivity index (χ1v) is 9.42. The molecule has 2 N–H and O–H groups in total. The van der Waals surface area contributed by atoms with Crippen LogP contribution >= 0.6 is 15.9 Å². The first-order chi connectivity index (χ1) is 12.6. The molecule has 136 valence electrons. The predicted octanol–water partition coefficient (Wildman–Crippen LogP) is 2.49. The van der Waals surface area contributed by atoms with Gasteiger partial charge in [-0.15, -0.1) is 0 Å². The van der Waals surface area contributed by atoms with E-state index in [1.54, 1.807) is 24.4 Å². The number of anilines is 1. The fraction of sp³-hybridized carbons (Fsp3) is 0.316. The molecule has 1 aliphatic heterocycles. The van der Waals surface area contributed by atoms with Gasteiger partial charge in [-0.25, -0.2) is 4.98 Å². The minimum absolute atomic E-state index is 0.0700. The molecule has 1 aliphatic rings. The molecule has 0 saturated carbocycles. The summed E-state index contributed by atoms with van der Waals surface area (Å²) >= 11 is 3.32. The summed E-state index contributed by atoms with van der Waals surface area (Å²) in [6.45, 7) is 2.43. The van der Waals surface area contributed by atoms with Gasteiger partial charge in [-0.05, 0) is 52.5 Å². The molecular weight excluding hydrogens is 396 g/mol. The maximum atomic E-state index is 12.1. The molecule has 26 heavy (non-hydrogen) atoms. The zero-order chi connectivity index (χ0) is 18.4. The lowest BCUT2D eigenvalue weighted by Crippen LogP contribution is -2.36. The number of hydrogen-bond acceptors (Lipinski definition) is 4. The van der Waals surface area contributed by atoms with Gasteiger partial charge in [-0.2, -0.15) is 0 Å². The smallest absolute Gasteiger partial charge is 0.252 e. The molecule has 0 radical (unpaired) electrons. The van der Waals surface area contributed by atoms with Crippen molar-refractivity contribution in [1.29, 1.82) is 0 Å². The molecule has 7 heteroatoms. The molecule has 0 aliphatic carbocycles. The Labute approximate surface area is 161 Å². The van der Waals surface area contributed by atoms with Crippen LogP contribution in [0, 0.1) is 0 Å². The van der Waals surface area contributed by atoms with E-state index in [0.29, 0.717) is 16.6 Å². The Balaban J connectivity index is 1.44. The molecule has 2 aromatic rings. The van der Waals surface area contributed by atoms with Crippen molar-refractivity contribution in [3.05, 3.63) is 58.2 Å². The van der Waals surface area contributed by atoms with Gasteiger partial charge in [0, 0.05) is 30.3 Å². The van der Waals surface area contributed by atoms with E-state index in [0.717, 1.165) is 24.5 Å². The van der Waals surface area contributed by atoms with Crippen LogP contribution in [0.1, 0.15) is 28.8 Å². The van der Waals surface area contributed by atoms with Crippen LogP contribution in [-0.4, -0.2) is 36.4 Å². The van der Waals surface area contributed by atoms with Crippen LogP contribution in [-0.2, 0) is 11.3 Å². The molecule has 0 bridgehead atoms. The Kier molecular flexibility index (Phi) is 6.22. The first-order valence-electron chi connectivity index (χ1n) is 8.63. The molecule has 1 aromatic heterocycles. The van der Waals surface area contributed by atoms with Gasteiger partial charge in [0.1, 0.15) is 5.82 Å². The molecule has 2 amide bonds. The average Bonchev–Trinajstić information content (AvgIpc) is 3.20. The Morgan fingerprint density at radius 2 is 1.85 bits per heavy atom. The summed E-state index contributed by atoms with van der Waals surface area (Å²) in [4.78, 5) is 30.7. The number of benzene rings is 1. The third-order valence-corrected chi connectivity index (χ3v) is 4.95. The van der Waals surface area contributed by atoms with Crippen molar-refractivity contribution in [2.24, 2.45) is 0 Å². The third-order valence-electron chi connectivity index (χ3n) is 4.26. The molecule has 6 nitrogen and oxygen atoms in total. The maximum Gasteiger partial charge on any atom is 0.252 e. The summed E-state index contributed by atoms with van der Waals surface area (Å²) in [6.07, 6.45) is 4.21. The molecule has 1 fully saturated rings. The number of carbonyl (C=O) groups is 2. The molecule has 1 aromatic carbocycles. The van der Waals surface area contributed by atoms with E-state index < -0.39 is 0 Å². The van der Waals surface area contributed by atoms with Gasteiger partial charge < -0.3 is 15.5 Å². The van der Waals surface area contributed by atoms with Gasteiger partial charge >= 0.3 is 0 Å². The molecule has 3 rings (SSSR count). The molecule has 2 heterocycles. The van der Waals surface area contributed by atoms with Gasteiger partial charge in [0.2, 0.25) is 5.91 Å². The normalized spacial score (nSPS) is 13.5. The Hall–Kier alpha value is -2.41. The van der Waals surface area contributed by atoms with Crippen LogP contribution in [0.3, 0.4) is 0 Å². The largest absolute Gasteiger partial charge is 0.357 e. The second-order valence-electron chi connectivity index (χ2n) is 6.16. The van der Waals surface area contributed by atoms with Gasteiger partial charge in [0.15, 0.2) is 0 Å². The highest BCUT2D eigenvalue weighted by Crippen LogP contribution is 2.17. The van der Waals surface area contributed by atoms with E-state index in [1.807, 2.05) is 18.2 Å². The quantitative estimate of drug-likeness (QED) is 0.758. The standard InChI is InChI=1S/C19H21BrN4O2/c20-16-6-2-1-5-15(16)19(26)23-13-18(25)22-12-14-7-8-17(21-11-14)24-9-3-4-10-24/h1-2,5-8,11H,3-4,9-10,12-13H2,(H,22,25)(H,23,26). The highest BCUT2D eigenvalue weighted by atomic mass is 79.9. The zero-order valence-electron chi connectivity index (χ0n) is 14.4. The van der Waals surface area contributed by atoms with Gasteiger partial charge in [-0.3, -0.25) is 9.59 Å². The van der Waals surface area contributed by atoms with Crippen LogP contribution in [0.4, 0.5) is 5.82 Å². The van der Waals surface area contributed by atoms with Crippen molar-refractivity contribution >= 4 is 33.6 Å². The van der Waals surface area contributed by atoms with Crippen molar-refractivity contribution in [1.82, 2.24) is 15.6 Å². The van der Waals surface area contributed by atoms with Crippen LogP contribution in [0.5, 0.6) is 0 Å². The SMILES string of the molecule is O=C(CNC(=O)c1ccccc1Br)NCc1ccc(N2CCCC2)nc1. The molecular formula is C19H21BrN4O2. The second kappa shape index (κ2) is 8.80. The Bertz CT molecular complexity index is 773. The number of aromatic nitrogens is 1. The van der Waals surface area contributed by atoms with E-state index in [9.17, 15) is 9.59 Å². The van der Waals surface area contributed by atoms with E-state index >= 15 is 0 Å². The van der Waals surface area contributed by atoms with Crippen molar-refractivity contribution in [2.75, 3.05) is 24.5 Å². The third kappa shape index (κ3) is 4.82. The maximum absolute atomic E-state index is 12.1. The number of nitrogens with zero attached hydrogens (tertiary/aromatic N) is 2. The molecule has 0 unspecified atom stereocenters. The minimum Gasteiger partial charge on any atom is -0.357 e. The summed E-state index contributed by atoms with van der Waals surface area (Å²) < 4.78 is 0.696. The van der Waals surface area contributed by atoms with E-state index in [2.05, 4.69) is 36.4 Å². The summed E-state index contributed by atoms with van der Waals surface area (Å²) in [7, 11) is 0. The van der Waals surface area contributed by atoms with E-state index in [4.69, 9.17) is 0 Å². The number of rotatable bonds is 6. The summed E-state index contributed by atoms with van der Waals surface area (Å²) in [5.74, 6) is 0.455. The lowest BCUT2D eigenvalue weighted by molar-refractivity contribution is -0.120. The van der Waals surface area contributed by atoms with Crippen molar-refractivity contribution in [3.8, 4) is 0 Å². The van der Waals surface area contributed by atoms with Crippen LogP contribution in [0.2, 0.25) is 0 Å².